The van der Waals surface area contributed by atoms with Crippen molar-refractivity contribution in [3.63, 3.8) is 0 Å². The van der Waals surface area contributed by atoms with Gasteiger partial charge in [-0.3, -0.25) is 29.0 Å². The molecular formula is C34H21ClN2O6. The number of fused-ring (bicyclic) bond motifs is 3. The van der Waals surface area contributed by atoms with Crippen molar-refractivity contribution in [2.75, 3.05) is 16.9 Å². The summed E-state index contributed by atoms with van der Waals surface area (Å²) >= 11 is 6.15. The highest BCUT2D eigenvalue weighted by atomic mass is 35.5. The van der Waals surface area contributed by atoms with Gasteiger partial charge in [-0.2, -0.15) is 0 Å². The van der Waals surface area contributed by atoms with E-state index in [2.05, 4.69) is 0 Å². The molecule has 1 saturated heterocycles. The van der Waals surface area contributed by atoms with Gasteiger partial charge in [0.2, 0.25) is 0 Å². The van der Waals surface area contributed by atoms with Crippen LogP contribution >= 0.6 is 11.6 Å². The summed E-state index contributed by atoms with van der Waals surface area (Å²) in [6, 6.07) is 27.6. The average molecular weight is 589 g/mol. The summed E-state index contributed by atoms with van der Waals surface area (Å²) in [4.78, 5) is 59.9. The molecule has 7 rings (SSSR count). The molecule has 0 radical (unpaired) electrons. The van der Waals surface area contributed by atoms with Gasteiger partial charge >= 0.3 is 5.91 Å². The summed E-state index contributed by atoms with van der Waals surface area (Å²) in [7, 11) is 1.51. The van der Waals surface area contributed by atoms with Crippen LogP contribution in [0.4, 0.5) is 11.4 Å². The number of rotatable bonds is 4. The molecule has 210 valence electrons. The Morgan fingerprint density at radius 2 is 1.35 bits per heavy atom. The normalized spacial score (nSPS) is 20.3. The number of carbonyl (C=O) groups excluding carboxylic acids is 4. The second-order valence-corrected chi connectivity index (χ2v) is 10.6. The fourth-order valence-electron chi connectivity index (χ4n) is 6.18. The maximum atomic E-state index is 15.1. The smallest absolute Gasteiger partial charge is 0.300 e. The monoisotopic (exact) mass is 588 g/mol. The van der Waals surface area contributed by atoms with E-state index in [4.69, 9.17) is 16.3 Å². The van der Waals surface area contributed by atoms with E-state index in [1.165, 1.54) is 36.3 Å². The van der Waals surface area contributed by atoms with Gasteiger partial charge in [0.05, 0.1) is 24.0 Å². The van der Waals surface area contributed by atoms with E-state index in [1.807, 2.05) is 0 Å². The first-order valence-electron chi connectivity index (χ1n) is 13.3. The molecule has 0 bridgehead atoms. The number of ketones is 2. The van der Waals surface area contributed by atoms with Gasteiger partial charge in [0.1, 0.15) is 11.5 Å². The Bertz CT molecular complexity index is 1950. The third-order valence-electron chi connectivity index (χ3n) is 8.01. The number of aliphatic hydroxyl groups is 1. The first-order valence-corrected chi connectivity index (χ1v) is 13.7. The van der Waals surface area contributed by atoms with Gasteiger partial charge in [-0.25, -0.2) is 0 Å². The first kappa shape index (κ1) is 26.4. The molecule has 1 spiro atoms. The number of benzene rings is 4. The predicted octanol–water partition coefficient (Wildman–Crippen LogP) is 5.63. The molecule has 8 nitrogen and oxygen atoms in total. The minimum Gasteiger partial charge on any atom is -0.507 e. The third-order valence-corrected chi connectivity index (χ3v) is 8.26. The van der Waals surface area contributed by atoms with Crippen LogP contribution in [0.1, 0.15) is 21.5 Å². The largest absolute Gasteiger partial charge is 0.507 e. The maximum Gasteiger partial charge on any atom is 0.300 e. The lowest BCUT2D eigenvalue weighted by Crippen LogP contribution is -2.57. The van der Waals surface area contributed by atoms with Crippen LogP contribution in [0.25, 0.3) is 11.5 Å². The zero-order valence-electron chi connectivity index (χ0n) is 22.6. The standard InChI is InChI=1S/C34H21ClN2O6/c1-43-23-17-15-21(16-18-23)36-28-24-9-5-6-10-25(24)30(39)26(28)34(33(36)42)27(29(38)19-7-3-2-4-8-19)31(40)32(41)37(34)22-13-11-20(35)12-14-22/h2-18,38H,1H3. The maximum absolute atomic E-state index is 15.1. The van der Waals surface area contributed by atoms with Crippen LogP contribution < -0.4 is 14.5 Å². The minimum atomic E-state index is -2.33. The van der Waals surface area contributed by atoms with E-state index in [-0.39, 0.29) is 22.5 Å². The number of hydrogen-bond donors (Lipinski definition) is 1. The second kappa shape index (κ2) is 9.54. The molecule has 4 aromatic carbocycles. The fraction of sp³-hybridized carbons (Fsp3) is 0.0588. The molecule has 43 heavy (non-hydrogen) atoms. The summed E-state index contributed by atoms with van der Waals surface area (Å²) < 4.78 is 5.30. The lowest BCUT2D eigenvalue weighted by molar-refractivity contribution is -0.132. The van der Waals surface area contributed by atoms with Gasteiger partial charge in [-0.1, -0.05) is 66.2 Å². The molecule has 1 fully saturated rings. The molecule has 9 heteroatoms. The Morgan fingerprint density at radius 1 is 0.744 bits per heavy atom. The Balaban J connectivity index is 1.61. The lowest BCUT2D eigenvalue weighted by Gasteiger charge is -2.36. The Kier molecular flexibility index (Phi) is 5.86. The SMILES string of the molecule is COc1ccc(N2C(=O)C3(C(=C(O)c4ccccc4)C(=O)C(=O)N3c3ccc(Cl)cc3)C3=C2c2ccccc2C3=O)cc1. The van der Waals surface area contributed by atoms with Gasteiger partial charge in [0, 0.05) is 33.1 Å². The quantitative estimate of drug-likeness (QED) is 0.188. The summed E-state index contributed by atoms with van der Waals surface area (Å²) in [6.45, 7) is 0. The van der Waals surface area contributed by atoms with E-state index in [0.717, 1.165) is 4.90 Å². The van der Waals surface area contributed by atoms with Crippen LogP contribution in [-0.4, -0.2) is 41.1 Å². The van der Waals surface area contributed by atoms with Crippen molar-refractivity contribution in [2.24, 2.45) is 0 Å². The number of amides is 2. The lowest BCUT2D eigenvalue weighted by atomic mass is 9.79. The number of nitrogens with zero attached hydrogens (tertiary/aromatic N) is 2. The summed E-state index contributed by atoms with van der Waals surface area (Å²) in [5.74, 6) is -3.50. The highest BCUT2D eigenvalue weighted by Gasteiger charge is 2.71. The summed E-state index contributed by atoms with van der Waals surface area (Å²) in [5.41, 5.74) is -1.18. The van der Waals surface area contributed by atoms with Crippen LogP contribution in [0, 0.1) is 0 Å². The topological polar surface area (TPSA) is 104 Å². The van der Waals surface area contributed by atoms with Crippen LogP contribution in [0.15, 0.2) is 114 Å². The number of methoxy groups -OCH3 is 1. The molecule has 2 amide bonds. The molecule has 3 aliphatic rings. The van der Waals surface area contributed by atoms with Gasteiger partial charge in [-0.05, 0) is 48.5 Å². The van der Waals surface area contributed by atoms with Crippen LogP contribution in [-0.2, 0) is 14.4 Å². The third kappa shape index (κ3) is 3.50. The van der Waals surface area contributed by atoms with Gasteiger partial charge < -0.3 is 9.84 Å². The number of hydrogen-bond acceptors (Lipinski definition) is 6. The molecule has 1 unspecified atom stereocenters. The van der Waals surface area contributed by atoms with E-state index < -0.39 is 40.3 Å². The highest BCUT2D eigenvalue weighted by molar-refractivity contribution is 6.58. The van der Waals surface area contributed by atoms with Crippen molar-refractivity contribution in [2.45, 2.75) is 5.54 Å². The predicted molar refractivity (Wildman–Crippen MR) is 161 cm³/mol. The highest BCUT2D eigenvalue weighted by Crippen LogP contribution is 2.57. The number of aliphatic hydroxyl groups excluding tert-OH is 1. The number of halogens is 1. The van der Waals surface area contributed by atoms with E-state index in [0.29, 0.717) is 27.6 Å². The Hall–Kier alpha value is -5.47. The number of ether oxygens (including phenoxy) is 1. The van der Waals surface area contributed by atoms with Crippen molar-refractivity contribution in [3.05, 3.63) is 136 Å². The van der Waals surface area contributed by atoms with E-state index in [9.17, 15) is 19.5 Å². The molecule has 0 saturated carbocycles. The fourth-order valence-corrected chi connectivity index (χ4v) is 6.30. The van der Waals surface area contributed by atoms with Crippen LogP contribution in [0.5, 0.6) is 5.75 Å². The Labute approximate surface area is 250 Å². The molecule has 1 atom stereocenters. The summed E-state index contributed by atoms with van der Waals surface area (Å²) in [6.07, 6.45) is 0. The van der Waals surface area contributed by atoms with E-state index >= 15 is 4.79 Å². The van der Waals surface area contributed by atoms with Crippen molar-refractivity contribution in [1.82, 2.24) is 0 Å². The van der Waals surface area contributed by atoms with Crippen molar-refractivity contribution >= 4 is 57.8 Å². The molecule has 2 aliphatic heterocycles. The van der Waals surface area contributed by atoms with Crippen molar-refractivity contribution < 1.29 is 29.0 Å². The van der Waals surface area contributed by atoms with E-state index in [1.54, 1.807) is 78.9 Å². The number of anilines is 2. The second-order valence-electron chi connectivity index (χ2n) is 10.2. The van der Waals surface area contributed by atoms with Gasteiger partial charge in [0.25, 0.3) is 11.7 Å². The molecule has 2 heterocycles. The van der Waals surface area contributed by atoms with Crippen molar-refractivity contribution in [1.29, 1.82) is 0 Å². The molecule has 1 N–H and O–H groups in total. The van der Waals surface area contributed by atoms with Crippen molar-refractivity contribution in [3.8, 4) is 5.75 Å². The van der Waals surface area contributed by atoms with Gasteiger partial charge in [-0.15, -0.1) is 0 Å². The molecule has 4 aromatic rings. The van der Waals surface area contributed by atoms with Crippen LogP contribution in [0.3, 0.4) is 0 Å². The van der Waals surface area contributed by atoms with Gasteiger partial charge in [0.15, 0.2) is 11.3 Å². The van der Waals surface area contributed by atoms with Crippen LogP contribution in [0.2, 0.25) is 5.02 Å². The minimum absolute atomic E-state index is 0.0962. The molecule has 0 aromatic heterocycles. The number of carbonyl (C=O) groups is 4. The summed E-state index contributed by atoms with van der Waals surface area (Å²) in [5, 5.41) is 12.1. The molecular weight excluding hydrogens is 568 g/mol. The number of Topliss-reactive ketones (excluding diaryl/α,β-unsaturated/α-hetero) is 2. The average Bonchev–Trinajstić information content (AvgIpc) is 3.57. The first-order chi connectivity index (χ1) is 20.8. The molecule has 1 aliphatic carbocycles. The zero-order valence-corrected chi connectivity index (χ0v) is 23.3. The zero-order chi connectivity index (χ0) is 30.0. The Morgan fingerprint density at radius 3 is 2.00 bits per heavy atom.